The van der Waals surface area contributed by atoms with Gasteiger partial charge in [0.1, 0.15) is 0 Å². The molecule has 1 atom stereocenters. The molecule has 0 radical (unpaired) electrons. The molecule has 2 aromatic rings. The molecule has 1 aromatic carbocycles. The summed E-state index contributed by atoms with van der Waals surface area (Å²) in [5.41, 5.74) is 7.08. The summed E-state index contributed by atoms with van der Waals surface area (Å²) in [7, 11) is 1.82. The summed E-state index contributed by atoms with van der Waals surface area (Å²) < 4.78 is 28.2. The van der Waals surface area contributed by atoms with E-state index in [0.29, 0.717) is 18.4 Å². The van der Waals surface area contributed by atoms with E-state index in [2.05, 4.69) is 5.10 Å². The maximum atomic E-state index is 13.5. The maximum Gasteiger partial charge on any atom is 0.162 e. The number of halogens is 2. The van der Waals surface area contributed by atoms with Crippen molar-refractivity contribution in [2.24, 2.45) is 12.8 Å². The van der Waals surface area contributed by atoms with Crippen LogP contribution in [0.25, 0.3) is 0 Å². The lowest BCUT2D eigenvalue weighted by Gasteiger charge is -2.11. The minimum Gasteiger partial charge on any atom is -0.327 e. The zero-order valence-electron chi connectivity index (χ0n) is 10.1. The Balaban J connectivity index is 2.03. The van der Waals surface area contributed by atoms with E-state index >= 15 is 0 Å². The van der Waals surface area contributed by atoms with Crippen LogP contribution >= 0.6 is 0 Å². The second kappa shape index (κ2) is 5.27. The van der Waals surface area contributed by atoms with Crippen LogP contribution in [0.3, 0.4) is 0 Å². The average molecular weight is 251 g/mol. The van der Waals surface area contributed by atoms with Gasteiger partial charge < -0.3 is 5.73 Å². The average Bonchev–Trinajstić information content (AvgIpc) is 2.70. The largest absolute Gasteiger partial charge is 0.327 e. The molecular formula is C13H15F2N3. The van der Waals surface area contributed by atoms with Gasteiger partial charge in [-0.05, 0) is 24.1 Å². The van der Waals surface area contributed by atoms with Crippen molar-refractivity contribution < 1.29 is 8.78 Å². The number of hydrogen-bond donors (Lipinski definition) is 1. The molecule has 2 rings (SSSR count). The first kappa shape index (κ1) is 12.7. The molecule has 0 fully saturated rings. The van der Waals surface area contributed by atoms with Crippen LogP contribution in [0.15, 0.2) is 30.5 Å². The van der Waals surface area contributed by atoms with Crippen LogP contribution in [-0.2, 0) is 19.9 Å². The Morgan fingerprint density at radius 2 is 2.06 bits per heavy atom. The summed E-state index contributed by atoms with van der Waals surface area (Å²) in [6.45, 7) is 0. The van der Waals surface area contributed by atoms with Gasteiger partial charge in [0.05, 0.1) is 5.69 Å². The molecule has 96 valence electrons. The molecule has 0 saturated carbocycles. The number of hydrogen-bond acceptors (Lipinski definition) is 2. The van der Waals surface area contributed by atoms with Crippen molar-refractivity contribution in [2.75, 3.05) is 0 Å². The lowest BCUT2D eigenvalue weighted by molar-refractivity contribution is 0.492. The van der Waals surface area contributed by atoms with Gasteiger partial charge in [-0.1, -0.05) is 12.1 Å². The Labute approximate surface area is 104 Å². The predicted octanol–water partition coefficient (Wildman–Crippen LogP) is 1.81. The number of benzene rings is 1. The highest BCUT2D eigenvalue weighted by molar-refractivity contribution is 5.20. The van der Waals surface area contributed by atoms with Crippen LogP contribution in [0.5, 0.6) is 0 Å². The molecule has 5 heteroatoms. The zero-order valence-corrected chi connectivity index (χ0v) is 10.1. The third-order valence-corrected chi connectivity index (χ3v) is 2.75. The molecule has 1 aromatic heterocycles. The molecule has 0 saturated heterocycles. The van der Waals surface area contributed by atoms with Crippen LogP contribution in [0.1, 0.15) is 11.3 Å². The highest BCUT2D eigenvalue weighted by atomic mass is 19.2. The number of nitrogens with zero attached hydrogens (tertiary/aromatic N) is 2. The molecule has 18 heavy (non-hydrogen) atoms. The van der Waals surface area contributed by atoms with Crippen molar-refractivity contribution in [1.29, 1.82) is 0 Å². The van der Waals surface area contributed by atoms with Gasteiger partial charge in [0.15, 0.2) is 11.6 Å². The van der Waals surface area contributed by atoms with Crippen LogP contribution in [0.4, 0.5) is 8.78 Å². The monoisotopic (exact) mass is 251 g/mol. The number of nitrogens with two attached hydrogens (primary N) is 1. The molecule has 1 heterocycles. The number of aromatic nitrogens is 2. The van der Waals surface area contributed by atoms with E-state index in [0.717, 1.165) is 11.8 Å². The molecule has 0 amide bonds. The molecule has 0 bridgehead atoms. The van der Waals surface area contributed by atoms with Crippen molar-refractivity contribution in [3.8, 4) is 0 Å². The van der Waals surface area contributed by atoms with E-state index in [1.165, 1.54) is 6.07 Å². The van der Waals surface area contributed by atoms with E-state index in [1.807, 2.05) is 19.3 Å². The van der Waals surface area contributed by atoms with E-state index < -0.39 is 11.6 Å². The molecule has 0 aliphatic rings. The number of aryl methyl sites for hydroxylation is 1. The summed E-state index contributed by atoms with van der Waals surface area (Å²) in [5, 5.41) is 4.20. The number of rotatable bonds is 4. The van der Waals surface area contributed by atoms with Crippen molar-refractivity contribution in [3.63, 3.8) is 0 Å². The Morgan fingerprint density at radius 1 is 1.28 bits per heavy atom. The van der Waals surface area contributed by atoms with Crippen LogP contribution < -0.4 is 5.73 Å². The van der Waals surface area contributed by atoms with Crippen molar-refractivity contribution in [2.45, 2.75) is 18.9 Å². The van der Waals surface area contributed by atoms with Crippen LogP contribution in [0.2, 0.25) is 0 Å². The van der Waals surface area contributed by atoms with E-state index in [-0.39, 0.29) is 6.04 Å². The minimum atomic E-state index is -0.836. The highest BCUT2D eigenvalue weighted by Crippen LogP contribution is 2.14. The smallest absolute Gasteiger partial charge is 0.162 e. The molecule has 1 unspecified atom stereocenters. The van der Waals surface area contributed by atoms with Crippen molar-refractivity contribution >= 4 is 0 Å². The Morgan fingerprint density at radius 3 is 2.72 bits per heavy atom. The topological polar surface area (TPSA) is 43.8 Å². The maximum absolute atomic E-state index is 13.5. The first-order valence-electron chi connectivity index (χ1n) is 5.73. The molecule has 3 nitrogen and oxygen atoms in total. The molecule has 0 spiro atoms. The lowest BCUT2D eigenvalue weighted by atomic mass is 10.0. The second-order valence-electron chi connectivity index (χ2n) is 4.36. The lowest BCUT2D eigenvalue weighted by Crippen LogP contribution is -2.26. The molecule has 0 aliphatic carbocycles. The first-order chi connectivity index (χ1) is 8.56. The normalized spacial score (nSPS) is 12.7. The van der Waals surface area contributed by atoms with Crippen molar-refractivity contribution in [1.82, 2.24) is 9.78 Å². The van der Waals surface area contributed by atoms with Gasteiger partial charge in [-0.3, -0.25) is 4.68 Å². The fourth-order valence-electron chi connectivity index (χ4n) is 1.90. The molecule has 0 aliphatic heterocycles. The molecular weight excluding hydrogens is 236 g/mol. The fraction of sp³-hybridized carbons (Fsp3) is 0.308. The van der Waals surface area contributed by atoms with Crippen LogP contribution in [0, 0.1) is 11.6 Å². The SMILES string of the molecule is Cn1ccc(CC(N)Cc2cccc(F)c2F)n1. The predicted molar refractivity (Wildman–Crippen MR) is 64.9 cm³/mol. The summed E-state index contributed by atoms with van der Waals surface area (Å²) in [6.07, 6.45) is 2.65. The summed E-state index contributed by atoms with van der Waals surface area (Å²) in [6, 6.07) is 5.72. The van der Waals surface area contributed by atoms with Crippen LogP contribution in [-0.4, -0.2) is 15.8 Å². The Bertz CT molecular complexity index is 537. The second-order valence-corrected chi connectivity index (χ2v) is 4.36. The summed E-state index contributed by atoms with van der Waals surface area (Å²) in [4.78, 5) is 0. The van der Waals surface area contributed by atoms with Gasteiger partial charge >= 0.3 is 0 Å². The van der Waals surface area contributed by atoms with E-state index in [1.54, 1.807) is 10.7 Å². The van der Waals surface area contributed by atoms with Gasteiger partial charge in [0, 0.05) is 25.7 Å². The van der Waals surface area contributed by atoms with Gasteiger partial charge in [0.2, 0.25) is 0 Å². The fourth-order valence-corrected chi connectivity index (χ4v) is 1.90. The molecule has 2 N–H and O–H groups in total. The van der Waals surface area contributed by atoms with Gasteiger partial charge in [0.25, 0.3) is 0 Å². The van der Waals surface area contributed by atoms with E-state index in [4.69, 9.17) is 5.73 Å². The quantitative estimate of drug-likeness (QED) is 0.900. The summed E-state index contributed by atoms with van der Waals surface area (Å²) >= 11 is 0. The zero-order chi connectivity index (χ0) is 13.1. The Hall–Kier alpha value is -1.75. The summed E-state index contributed by atoms with van der Waals surface area (Å²) in [5.74, 6) is -1.65. The third kappa shape index (κ3) is 2.92. The van der Waals surface area contributed by atoms with Crippen molar-refractivity contribution in [3.05, 3.63) is 53.4 Å². The third-order valence-electron chi connectivity index (χ3n) is 2.75. The Kier molecular flexibility index (Phi) is 3.72. The standard InChI is InChI=1S/C13H15F2N3/c1-18-6-5-11(17-18)8-10(16)7-9-3-2-4-12(14)13(9)15/h2-6,10H,7-8,16H2,1H3. The van der Waals surface area contributed by atoms with Gasteiger partial charge in [-0.25, -0.2) is 8.78 Å². The van der Waals surface area contributed by atoms with E-state index in [9.17, 15) is 8.78 Å². The van der Waals surface area contributed by atoms with Gasteiger partial charge in [-0.15, -0.1) is 0 Å². The first-order valence-corrected chi connectivity index (χ1v) is 5.73. The minimum absolute atomic E-state index is 0.281. The van der Waals surface area contributed by atoms with Gasteiger partial charge in [-0.2, -0.15) is 5.10 Å². The highest BCUT2D eigenvalue weighted by Gasteiger charge is 2.12.